The molecule has 2 rings (SSSR count). The van der Waals surface area contributed by atoms with Crippen molar-refractivity contribution >= 4 is 11.7 Å². The van der Waals surface area contributed by atoms with Crippen LogP contribution in [0, 0.1) is 0 Å². The number of aliphatic hydroxyl groups excluding tert-OH is 1. The molecule has 4 nitrogen and oxygen atoms in total. The summed E-state index contributed by atoms with van der Waals surface area (Å²) in [5.41, 5.74) is 1.28. The van der Waals surface area contributed by atoms with Crippen LogP contribution in [0.4, 0.5) is 5.69 Å². The van der Waals surface area contributed by atoms with E-state index in [1.807, 2.05) is 18.2 Å². The van der Waals surface area contributed by atoms with Gasteiger partial charge < -0.3 is 14.7 Å². The maximum atomic E-state index is 11.9. The molecule has 1 atom stereocenters. The molecule has 1 unspecified atom stereocenters. The number of para-hydroxylation sites is 1. The van der Waals surface area contributed by atoms with Gasteiger partial charge in [-0.2, -0.15) is 0 Å². The van der Waals surface area contributed by atoms with Crippen LogP contribution in [-0.2, 0) is 4.74 Å². The second-order valence-corrected chi connectivity index (χ2v) is 5.62. The van der Waals surface area contributed by atoms with Crippen LogP contribution in [0.15, 0.2) is 24.3 Å². The Bertz CT molecular complexity index is 470. The van der Waals surface area contributed by atoms with E-state index in [1.165, 1.54) is 7.11 Å². The van der Waals surface area contributed by atoms with Gasteiger partial charge in [-0.1, -0.05) is 12.1 Å². The minimum Gasteiger partial charge on any atom is -0.465 e. The Morgan fingerprint density at radius 3 is 2.74 bits per heavy atom. The third-order valence-electron chi connectivity index (χ3n) is 3.75. The van der Waals surface area contributed by atoms with Crippen LogP contribution in [0.25, 0.3) is 0 Å². The molecule has 1 aromatic carbocycles. The number of methoxy groups -OCH3 is 1. The van der Waals surface area contributed by atoms with Crippen LogP contribution in [-0.4, -0.2) is 36.4 Å². The highest BCUT2D eigenvalue weighted by molar-refractivity contribution is 5.96. The summed E-state index contributed by atoms with van der Waals surface area (Å²) in [6, 6.07) is 7.47. The smallest absolute Gasteiger partial charge is 0.339 e. The van der Waals surface area contributed by atoms with E-state index < -0.39 is 0 Å². The number of esters is 1. The van der Waals surface area contributed by atoms with Crippen LogP contribution >= 0.6 is 0 Å². The molecule has 104 valence electrons. The zero-order valence-electron chi connectivity index (χ0n) is 11.7. The van der Waals surface area contributed by atoms with Crippen molar-refractivity contribution in [3.8, 4) is 0 Å². The van der Waals surface area contributed by atoms with Crippen LogP contribution < -0.4 is 4.90 Å². The first kappa shape index (κ1) is 13.9. The second-order valence-electron chi connectivity index (χ2n) is 5.62. The Morgan fingerprint density at radius 1 is 1.42 bits per heavy atom. The van der Waals surface area contributed by atoms with E-state index in [9.17, 15) is 9.90 Å². The Morgan fingerprint density at radius 2 is 2.11 bits per heavy atom. The highest BCUT2D eigenvalue weighted by atomic mass is 16.5. The third-order valence-corrected chi connectivity index (χ3v) is 3.75. The Balaban J connectivity index is 2.39. The monoisotopic (exact) mass is 263 g/mol. The van der Waals surface area contributed by atoms with Crippen molar-refractivity contribution in [2.75, 3.05) is 18.6 Å². The molecule has 4 heteroatoms. The predicted molar refractivity (Wildman–Crippen MR) is 74.4 cm³/mol. The molecular formula is C15H21NO3. The van der Waals surface area contributed by atoms with Crippen molar-refractivity contribution in [2.45, 2.75) is 38.3 Å². The number of benzene rings is 1. The molecule has 1 heterocycles. The summed E-state index contributed by atoms with van der Waals surface area (Å²) in [4.78, 5) is 14.0. The minimum atomic E-state index is -0.322. The Labute approximate surface area is 114 Å². The topological polar surface area (TPSA) is 49.8 Å². The molecule has 1 aromatic rings. The van der Waals surface area contributed by atoms with E-state index in [-0.39, 0.29) is 17.6 Å². The van der Waals surface area contributed by atoms with Crippen LogP contribution in [0.5, 0.6) is 0 Å². The molecule has 1 aliphatic rings. The molecule has 0 radical (unpaired) electrons. The lowest BCUT2D eigenvalue weighted by molar-refractivity contribution is 0.0600. The van der Waals surface area contributed by atoms with Crippen molar-refractivity contribution in [3.05, 3.63) is 29.8 Å². The number of ether oxygens (including phenoxy) is 1. The fraction of sp³-hybridized carbons (Fsp3) is 0.533. The summed E-state index contributed by atoms with van der Waals surface area (Å²) in [5, 5.41) is 9.82. The maximum Gasteiger partial charge on any atom is 0.339 e. The molecule has 19 heavy (non-hydrogen) atoms. The van der Waals surface area contributed by atoms with E-state index >= 15 is 0 Å². The van der Waals surface area contributed by atoms with Gasteiger partial charge in [0, 0.05) is 12.1 Å². The van der Waals surface area contributed by atoms with Gasteiger partial charge in [-0.3, -0.25) is 0 Å². The maximum absolute atomic E-state index is 11.9. The summed E-state index contributed by atoms with van der Waals surface area (Å²) < 4.78 is 4.84. The average Bonchev–Trinajstić information content (AvgIpc) is 2.37. The fourth-order valence-electron chi connectivity index (χ4n) is 2.81. The molecule has 0 amide bonds. The Hall–Kier alpha value is -1.55. The predicted octanol–water partition coefficient (Wildman–Crippen LogP) is 2.21. The third kappa shape index (κ3) is 2.73. The quantitative estimate of drug-likeness (QED) is 0.831. The number of hydrogen-bond donors (Lipinski definition) is 1. The molecule has 0 spiro atoms. The zero-order valence-corrected chi connectivity index (χ0v) is 11.7. The van der Waals surface area contributed by atoms with Gasteiger partial charge in [-0.05, 0) is 38.8 Å². The minimum absolute atomic E-state index is 0.179. The largest absolute Gasteiger partial charge is 0.465 e. The lowest BCUT2D eigenvalue weighted by atomic mass is 9.87. The highest BCUT2D eigenvalue weighted by Crippen LogP contribution is 2.34. The van der Waals surface area contributed by atoms with Gasteiger partial charge in [0.1, 0.15) is 0 Å². The Kier molecular flexibility index (Phi) is 3.80. The summed E-state index contributed by atoms with van der Waals surface area (Å²) in [7, 11) is 1.39. The number of rotatable bonds is 2. The molecule has 0 saturated carbocycles. The number of anilines is 1. The summed E-state index contributed by atoms with van der Waals surface area (Å²) in [6.07, 6.45) is 1.15. The van der Waals surface area contributed by atoms with Gasteiger partial charge in [-0.25, -0.2) is 4.79 Å². The van der Waals surface area contributed by atoms with E-state index in [2.05, 4.69) is 18.7 Å². The summed E-state index contributed by atoms with van der Waals surface area (Å²) in [5.74, 6) is -0.322. The van der Waals surface area contributed by atoms with Crippen molar-refractivity contribution in [1.82, 2.24) is 0 Å². The van der Waals surface area contributed by atoms with Crippen molar-refractivity contribution in [2.24, 2.45) is 0 Å². The average molecular weight is 263 g/mol. The lowest BCUT2D eigenvalue weighted by Crippen LogP contribution is -2.52. The van der Waals surface area contributed by atoms with Gasteiger partial charge in [-0.15, -0.1) is 0 Å². The first-order valence-corrected chi connectivity index (χ1v) is 6.59. The van der Waals surface area contributed by atoms with E-state index in [4.69, 9.17) is 4.74 Å². The second kappa shape index (κ2) is 5.21. The molecule has 1 fully saturated rings. The van der Waals surface area contributed by atoms with Gasteiger partial charge in [0.2, 0.25) is 0 Å². The molecule has 1 aliphatic heterocycles. The number of carbonyl (C=O) groups is 1. The number of nitrogens with zero attached hydrogens (tertiary/aromatic N) is 1. The van der Waals surface area contributed by atoms with E-state index in [1.54, 1.807) is 6.07 Å². The molecule has 1 N–H and O–H groups in total. The number of aliphatic hydroxyl groups is 1. The van der Waals surface area contributed by atoms with Gasteiger partial charge in [0.05, 0.1) is 24.5 Å². The van der Waals surface area contributed by atoms with Gasteiger partial charge >= 0.3 is 5.97 Å². The van der Waals surface area contributed by atoms with Crippen LogP contribution in [0.3, 0.4) is 0 Å². The number of hydrogen-bond acceptors (Lipinski definition) is 4. The molecule has 0 aromatic heterocycles. The number of carbonyl (C=O) groups excluding carboxylic acids is 1. The number of piperidine rings is 1. The van der Waals surface area contributed by atoms with Crippen molar-refractivity contribution in [3.63, 3.8) is 0 Å². The normalized spacial score (nSPS) is 22.1. The van der Waals surface area contributed by atoms with E-state index in [0.717, 1.165) is 18.7 Å². The summed E-state index contributed by atoms with van der Waals surface area (Å²) >= 11 is 0. The van der Waals surface area contributed by atoms with Crippen molar-refractivity contribution in [1.29, 1.82) is 0 Å². The lowest BCUT2D eigenvalue weighted by Gasteiger charge is -2.46. The van der Waals surface area contributed by atoms with Crippen LogP contribution in [0.2, 0.25) is 0 Å². The van der Waals surface area contributed by atoms with Crippen molar-refractivity contribution < 1.29 is 14.6 Å². The fourth-order valence-corrected chi connectivity index (χ4v) is 2.81. The SMILES string of the molecule is COC(=O)c1ccccc1N1CCC(O)CC1(C)C. The first-order valence-electron chi connectivity index (χ1n) is 6.59. The standard InChI is InChI=1S/C15H21NO3/c1-15(2)10-11(17)8-9-16(15)13-7-5-4-6-12(13)14(18)19-3/h4-7,11,17H,8-10H2,1-3H3. The molecule has 1 saturated heterocycles. The van der Waals surface area contributed by atoms with Gasteiger partial charge in [0.15, 0.2) is 0 Å². The van der Waals surface area contributed by atoms with E-state index in [0.29, 0.717) is 12.0 Å². The van der Waals surface area contributed by atoms with Gasteiger partial charge in [0.25, 0.3) is 0 Å². The zero-order chi connectivity index (χ0) is 14.0. The first-order chi connectivity index (χ1) is 8.95. The highest BCUT2D eigenvalue weighted by Gasteiger charge is 2.35. The van der Waals surface area contributed by atoms with Crippen LogP contribution in [0.1, 0.15) is 37.0 Å². The molecular weight excluding hydrogens is 242 g/mol. The molecule has 0 aliphatic carbocycles. The molecule has 0 bridgehead atoms. The summed E-state index contributed by atoms with van der Waals surface area (Å²) in [6.45, 7) is 4.91.